The number of carbonyl (C=O) groups excluding carboxylic acids is 1. The molecule has 0 saturated heterocycles. The van der Waals surface area contributed by atoms with E-state index >= 15 is 0 Å². The third kappa shape index (κ3) is 4.81. The third-order valence-corrected chi connectivity index (χ3v) is 6.76. The summed E-state index contributed by atoms with van der Waals surface area (Å²) in [5, 5.41) is 1.95. The predicted molar refractivity (Wildman–Crippen MR) is 109 cm³/mol. The van der Waals surface area contributed by atoms with Gasteiger partial charge in [0, 0.05) is 29.5 Å². The molecule has 3 aromatic rings. The number of aryl methyl sites for hydroxylation is 1. The standard InChI is InChI=1S/C21H18ClFN2O3S/c1-14-10-18(7-8-19(14)23)29(27,28)20(16-5-3-9-24-12-16)13-25-21(26)15-4-2-6-17(22)11-15/h2-12,20H,13H2,1H3,(H,25,26)/t20-/m1/s1. The maximum Gasteiger partial charge on any atom is 0.251 e. The van der Waals surface area contributed by atoms with Gasteiger partial charge in [0.05, 0.1) is 4.90 Å². The highest BCUT2D eigenvalue weighted by atomic mass is 35.5. The smallest absolute Gasteiger partial charge is 0.251 e. The number of rotatable bonds is 6. The molecule has 29 heavy (non-hydrogen) atoms. The molecule has 150 valence electrons. The Bertz CT molecular complexity index is 1140. The van der Waals surface area contributed by atoms with Crippen molar-refractivity contribution in [3.8, 4) is 0 Å². The number of amides is 1. The van der Waals surface area contributed by atoms with E-state index in [1.54, 1.807) is 30.3 Å². The predicted octanol–water partition coefficient (Wildman–Crippen LogP) is 4.13. The number of sulfone groups is 1. The first-order valence-corrected chi connectivity index (χ1v) is 10.6. The van der Waals surface area contributed by atoms with Gasteiger partial charge in [-0.05, 0) is 60.5 Å². The van der Waals surface area contributed by atoms with Crippen LogP contribution in [0.1, 0.15) is 26.7 Å². The number of hydrogen-bond donors (Lipinski definition) is 1. The van der Waals surface area contributed by atoms with E-state index in [9.17, 15) is 17.6 Å². The van der Waals surface area contributed by atoms with Crippen LogP contribution in [0, 0.1) is 12.7 Å². The van der Waals surface area contributed by atoms with Gasteiger partial charge in [-0.15, -0.1) is 0 Å². The molecule has 0 spiro atoms. The molecule has 0 saturated carbocycles. The molecule has 0 radical (unpaired) electrons. The molecule has 0 aliphatic carbocycles. The van der Waals surface area contributed by atoms with Gasteiger partial charge in [-0.2, -0.15) is 0 Å². The van der Waals surface area contributed by atoms with Crippen molar-refractivity contribution in [1.29, 1.82) is 0 Å². The average molecular weight is 433 g/mol. The summed E-state index contributed by atoms with van der Waals surface area (Å²) in [5.74, 6) is -0.942. The van der Waals surface area contributed by atoms with E-state index in [-0.39, 0.29) is 17.0 Å². The molecule has 0 fully saturated rings. The lowest BCUT2D eigenvalue weighted by Gasteiger charge is -2.19. The van der Waals surface area contributed by atoms with E-state index in [2.05, 4.69) is 10.3 Å². The minimum atomic E-state index is -3.93. The molecule has 2 aromatic carbocycles. The number of aromatic nitrogens is 1. The fourth-order valence-corrected chi connectivity index (χ4v) is 4.77. The molecule has 5 nitrogen and oxygen atoms in total. The van der Waals surface area contributed by atoms with Gasteiger partial charge in [0.15, 0.2) is 9.84 Å². The first-order chi connectivity index (χ1) is 13.8. The number of nitrogens with zero attached hydrogens (tertiary/aromatic N) is 1. The van der Waals surface area contributed by atoms with Crippen LogP contribution in [0.25, 0.3) is 0 Å². The van der Waals surface area contributed by atoms with Gasteiger partial charge in [-0.1, -0.05) is 23.7 Å². The zero-order valence-electron chi connectivity index (χ0n) is 15.5. The van der Waals surface area contributed by atoms with Gasteiger partial charge in [-0.3, -0.25) is 9.78 Å². The summed E-state index contributed by atoms with van der Waals surface area (Å²) in [6, 6.07) is 13.2. The van der Waals surface area contributed by atoms with Crippen molar-refractivity contribution in [3.05, 3.63) is 94.5 Å². The van der Waals surface area contributed by atoms with E-state index in [4.69, 9.17) is 11.6 Å². The van der Waals surface area contributed by atoms with Gasteiger partial charge < -0.3 is 5.32 Å². The summed E-state index contributed by atoms with van der Waals surface area (Å²) in [7, 11) is -3.93. The quantitative estimate of drug-likeness (QED) is 0.594. The van der Waals surface area contributed by atoms with Crippen LogP contribution in [-0.2, 0) is 9.84 Å². The normalized spacial score (nSPS) is 12.4. The Kier molecular flexibility index (Phi) is 6.30. The van der Waals surface area contributed by atoms with Crippen molar-refractivity contribution in [2.45, 2.75) is 17.1 Å². The Morgan fingerprint density at radius 2 is 1.97 bits per heavy atom. The second-order valence-electron chi connectivity index (χ2n) is 6.45. The van der Waals surface area contributed by atoms with E-state index in [0.717, 1.165) is 6.07 Å². The fourth-order valence-electron chi connectivity index (χ4n) is 2.85. The van der Waals surface area contributed by atoms with Crippen LogP contribution in [0.5, 0.6) is 0 Å². The monoisotopic (exact) mass is 432 g/mol. The van der Waals surface area contributed by atoms with E-state index in [0.29, 0.717) is 16.1 Å². The summed E-state index contributed by atoms with van der Waals surface area (Å²) >= 11 is 5.91. The fraction of sp³-hybridized carbons (Fsp3) is 0.143. The highest BCUT2D eigenvalue weighted by Gasteiger charge is 2.30. The minimum Gasteiger partial charge on any atom is -0.350 e. The van der Waals surface area contributed by atoms with E-state index < -0.39 is 26.8 Å². The first kappa shape index (κ1) is 21.0. The number of pyridine rings is 1. The Hall–Kier alpha value is -2.77. The molecular weight excluding hydrogens is 415 g/mol. The lowest BCUT2D eigenvalue weighted by molar-refractivity contribution is 0.0953. The lowest BCUT2D eigenvalue weighted by Crippen LogP contribution is -2.32. The van der Waals surface area contributed by atoms with Crippen molar-refractivity contribution in [1.82, 2.24) is 10.3 Å². The van der Waals surface area contributed by atoms with Crippen molar-refractivity contribution in [2.75, 3.05) is 6.54 Å². The maximum atomic E-state index is 13.6. The van der Waals surface area contributed by atoms with E-state index in [1.165, 1.54) is 37.5 Å². The van der Waals surface area contributed by atoms with Crippen LogP contribution in [0.3, 0.4) is 0 Å². The van der Waals surface area contributed by atoms with Crippen LogP contribution in [0.4, 0.5) is 4.39 Å². The number of hydrogen-bond acceptors (Lipinski definition) is 4. The number of nitrogens with one attached hydrogen (secondary N) is 1. The maximum absolute atomic E-state index is 13.6. The highest BCUT2D eigenvalue weighted by Crippen LogP contribution is 2.29. The van der Waals surface area contributed by atoms with Crippen molar-refractivity contribution in [3.63, 3.8) is 0 Å². The van der Waals surface area contributed by atoms with Crippen LogP contribution in [0.15, 0.2) is 71.9 Å². The zero-order chi connectivity index (χ0) is 21.0. The molecule has 1 atom stereocenters. The molecule has 1 aromatic heterocycles. The summed E-state index contributed by atoms with van der Waals surface area (Å²) < 4.78 is 40.2. The van der Waals surface area contributed by atoms with Gasteiger partial charge in [-0.25, -0.2) is 12.8 Å². The minimum absolute atomic E-state index is 0.0257. The molecular formula is C21H18ClFN2O3S. The van der Waals surface area contributed by atoms with Crippen molar-refractivity contribution in [2.24, 2.45) is 0 Å². The van der Waals surface area contributed by atoms with Crippen molar-refractivity contribution < 1.29 is 17.6 Å². The zero-order valence-corrected chi connectivity index (χ0v) is 17.0. The van der Waals surface area contributed by atoms with Gasteiger partial charge in [0.25, 0.3) is 5.91 Å². The molecule has 8 heteroatoms. The molecule has 0 aliphatic heterocycles. The average Bonchev–Trinajstić information content (AvgIpc) is 2.70. The van der Waals surface area contributed by atoms with Gasteiger partial charge >= 0.3 is 0 Å². The summed E-state index contributed by atoms with van der Waals surface area (Å²) in [4.78, 5) is 16.4. The van der Waals surface area contributed by atoms with Gasteiger partial charge in [0.2, 0.25) is 0 Å². The summed E-state index contributed by atoms with van der Waals surface area (Å²) in [5.41, 5.74) is 0.956. The number of halogens is 2. The molecule has 1 heterocycles. The molecule has 0 aliphatic rings. The largest absolute Gasteiger partial charge is 0.350 e. The third-order valence-electron chi connectivity index (χ3n) is 4.42. The first-order valence-electron chi connectivity index (χ1n) is 8.73. The highest BCUT2D eigenvalue weighted by molar-refractivity contribution is 7.91. The molecule has 0 bridgehead atoms. The molecule has 3 rings (SSSR count). The topological polar surface area (TPSA) is 76.1 Å². The summed E-state index contributed by atoms with van der Waals surface area (Å²) in [6.07, 6.45) is 2.96. The van der Waals surface area contributed by atoms with Crippen LogP contribution >= 0.6 is 11.6 Å². The van der Waals surface area contributed by atoms with Crippen molar-refractivity contribution >= 4 is 27.3 Å². The lowest BCUT2D eigenvalue weighted by atomic mass is 10.2. The molecule has 1 N–H and O–H groups in total. The number of carbonyl (C=O) groups is 1. The van der Waals surface area contributed by atoms with Crippen LogP contribution in [0.2, 0.25) is 5.02 Å². The Labute approximate surface area is 173 Å². The van der Waals surface area contributed by atoms with Gasteiger partial charge in [0.1, 0.15) is 11.1 Å². The van der Waals surface area contributed by atoms with E-state index in [1.807, 2.05) is 0 Å². The second-order valence-corrected chi connectivity index (χ2v) is 9.02. The molecule has 0 unspecified atom stereocenters. The Morgan fingerprint density at radius 3 is 2.62 bits per heavy atom. The summed E-state index contributed by atoms with van der Waals surface area (Å²) in [6.45, 7) is 1.31. The Balaban J connectivity index is 1.93. The Morgan fingerprint density at radius 1 is 1.17 bits per heavy atom. The number of benzene rings is 2. The SMILES string of the molecule is Cc1cc(S(=O)(=O)[C@H](CNC(=O)c2cccc(Cl)c2)c2cccnc2)ccc1F. The van der Waals surface area contributed by atoms with Crippen LogP contribution < -0.4 is 5.32 Å². The molecule has 1 amide bonds. The van der Waals surface area contributed by atoms with Crippen LogP contribution in [-0.4, -0.2) is 25.9 Å². The second kappa shape index (κ2) is 8.71.